The van der Waals surface area contributed by atoms with Gasteiger partial charge < -0.3 is 10.5 Å². The molecule has 0 spiro atoms. The van der Waals surface area contributed by atoms with Gasteiger partial charge in [-0.15, -0.1) is 0 Å². The minimum absolute atomic E-state index is 0.125. The van der Waals surface area contributed by atoms with E-state index in [0.717, 1.165) is 39.8 Å². The summed E-state index contributed by atoms with van der Waals surface area (Å²) in [7, 11) is 0. The molecule has 4 rings (SSSR count). The van der Waals surface area contributed by atoms with Gasteiger partial charge in [0, 0.05) is 4.47 Å². The second-order valence-electron chi connectivity index (χ2n) is 6.64. The number of nitriles is 1. The fourth-order valence-corrected chi connectivity index (χ4v) is 4.01. The molecule has 0 aliphatic carbocycles. The maximum absolute atomic E-state index is 9.83. The normalized spacial score (nSPS) is 15.7. The van der Waals surface area contributed by atoms with Gasteiger partial charge >= 0.3 is 0 Å². The van der Waals surface area contributed by atoms with Gasteiger partial charge in [0.15, 0.2) is 0 Å². The van der Waals surface area contributed by atoms with Crippen molar-refractivity contribution in [2.24, 2.45) is 5.73 Å². The van der Waals surface area contributed by atoms with E-state index < -0.39 is 0 Å². The van der Waals surface area contributed by atoms with Crippen LogP contribution in [-0.4, -0.2) is 9.78 Å². The van der Waals surface area contributed by atoms with Gasteiger partial charge in [0.25, 0.3) is 0 Å². The highest BCUT2D eigenvalue weighted by Crippen LogP contribution is 2.45. The summed E-state index contributed by atoms with van der Waals surface area (Å²) in [6.45, 7) is 2.11. The summed E-state index contributed by atoms with van der Waals surface area (Å²) in [4.78, 5) is 0. The highest BCUT2D eigenvalue weighted by Gasteiger charge is 2.36. The first-order valence-electron chi connectivity index (χ1n) is 9.14. The van der Waals surface area contributed by atoms with Gasteiger partial charge in [-0.1, -0.05) is 59.6 Å². The lowest BCUT2D eigenvalue weighted by molar-refractivity contribution is 0.367. The monoisotopic (exact) mass is 434 g/mol. The molecule has 140 valence electrons. The number of hydrogen-bond acceptors (Lipinski definition) is 4. The molecule has 0 unspecified atom stereocenters. The lowest BCUT2D eigenvalue weighted by Gasteiger charge is -2.25. The van der Waals surface area contributed by atoms with E-state index in [1.807, 2.05) is 54.6 Å². The molecular weight excluding hydrogens is 416 g/mol. The minimum atomic E-state index is -0.315. The first kappa shape index (κ1) is 18.3. The molecule has 2 heterocycles. The average Bonchev–Trinajstić information content (AvgIpc) is 3.05. The van der Waals surface area contributed by atoms with Crippen LogP contribution in [0.2, 0.25) is 0 Å². The lowest BCUT2D eigenvalue weighted by atomic mass is 9.83. The Morgan fingerprint density at radius 2 is 2.00 bits per heavy atom. The second-order valence-corrected chi connectivity index (χ2v) is 7.56. The van der Waals surface area contributed by atoms with E-state index in [1.165, 1.54) is 0 Å². The third-order valence-corrected chi connectivity index (χ3v) is 5.29. The molecule has 0 saturated carbocycles. The largest absolute Gasteiger partial charge is 0.422 e. The number of nitrogens with zero attached hydrogens (tertiary/aromatic N) is 3. The van der Waals surface area contributed by atoms with E-state index >= 15 is 0 Å². The van der Waals surface area contributed by atoms with Crippen LogP contribution in [0.3, 0.4) is 0 Å². The van der Waals surface area contributed by atoms with E-state index in [1.54, 1.807) is 4.68 Å². The second kappa shape index (κ2) is 7.53. The third kappa shape index (κ3) is 3.08. The van der Waals surface area contributed by atoms with Gasteiger partial charge in [-0.05, 0) is 36.2 Å². The molecule has 1 atom stereocenters. The molecule has 0 saturated heterocycles. The van der Waals surface area contributed by atoms with Crippen molar-refractivity contribution in [1.29, 1.82) is 5.26 Å². The zero-order valence-corrected chi connectivity index (χ0v) is 17.0. The zero-order valence-electron chi connectivity index (χ0n) is 15.4. The van der Waals surface area contributed by atoms with Crippen LogP contribution in [0.4, 0.5) is 0 Å². The Hall–Kier alpha value is -3.04. The summed E-state index contributed by atoms with van der Waals surface area (Å²) in [6, 6.07) is 20.0. The molecule has 2 N–H and O–H groups in total. The van der Waals surface area contributed by atoms with E-state index in [9.17, 15) is 5.26 Å². The van der Waals surface area contributed by atoms with Crippen LogP contribution in [-0.2, 0) is 6.42 Å². The van der Waals surface area contributed by atoms with Gasteiger partial charge in [0.2, 0.25) is 11.8 Å². The van der Waals surface area contributed by atoms with Crippen molar-refractivity contribution in [2.45, 2.75) is 25.7 Å². The first-order valence-corrected chi connectivity index (χ1v) is 9.93. The molecule has 1 aliphatic rings. The summed E-state index contributed by atoms with van der Waals surface area (Å²) in [5, 5.41) is 14.7. The molecule has 5 nitrogen and oxygen atoms in total. The number of hydrogen-bond donors (Lipinski definition) is 1. The molecule has 6 heteroatoms. The Labute approximate surface area is 172 Å². The van der Waals surface area contributed by atoms with Gasteiger partial charge in [0.1, 0.15) is 11.6 Å². The highest BCUT2D eigenvalue weighted by atomic mass is 79.9. The standard InChI is InChI=1S/C22H19BrN4O/c1-2-7-18-20-19(14-8-6-9-15(23)12-14)17(13-24)21(25)28-22(20)27(26-18)16-10-4-3-5-11-16/h3-6,8-12,19H,2,7,25H2,1H3/t19-/m1/s1. The highest BCUT2D eigenvalue weighted by molar-refractivity contribution is 9.10. The number of fused-ring (bicyclic) bond motifs is 1. The van der Waals surface area contributed by atoms with Crippen molar-refractivity contribution in [1.82, 2.24) is 9.78 Å². The number of rotatable bonds is 4. The van der Waals surface area contributed by atoms with Crippen molar-refractivity contribution in [3.8, 4) is 17.6 Å². The number of aromatic nitrogens is 2. The zero-order chi connectivity index (χ0) is 19.7. The first-order chi connectivity index (χ1) is 13.6. The van der Waals surface area contributed by atoms with Gasteiger partial charge in [0.05, 0.1) is 22.9 Å². The van der Waals surface area contributed by atoms with E-state index in [-0.39, 0.29) is 11.8 Å². The summed E-state index contributed by atoms with van der Waals surface area (Å²) in [5.41, 5.74) is 10.3. The maximum atomic E-state index is 9.83. The quantitative estimate of drug-likeness (QED) is 0.639. The van der Waals surface area contributed by atoms with Crippen LogP contribution in [0.5, 0.6) is 5.88 Å². The molecule has 2 aromatic carbocycles. The van der Waals surface area contributed by atoms with Crippen LogP contribution < -0.4 is 10.5 Å². The number of nitrogens with two attached hydrogens (primary N) is 1. The number of para-hydroxylation sites is 1. The van der Waals surface area contributed by atoms with Crippen molar-refractivity contribution in [3.05, 3.63) is 87.3 Å². The lowest BCUT2D eigenvalue weighted by Crippen LogP contribution is -2.22. The van der Waals surface area contributed by atoms with E-state index in [4.69, 9.17) is 15.6 Å². The molecule has 0 amide bonds. The number of halogens is 1. The number of aryl methyl sites for hydroxylation is 1. The van der Waals surface area contributed by atoms with Crippen LogP contribution in [0.1, 0.15) is 36.1 Å². The molecule has 0 bridgehead atoms. The van der Waals surface area contributed by atoms with Crippen LogP contribution in [0.25, 0.3) is 5.69 Å². The van der Waals surface area contributed by atoms with E-state index in [0.29, 0.717) is 11.5 Å². The summed E-state index contributed by atoms with van der Waals surface area (Å²) < 4.78 is 8.68. The van der Waals surface area contributed by atoms with Crippen LogP contribution in [0, 0.1) is 11.3 Å². The third-order valence-electron chi connectivity index (χ3n) is 4.79. The Bertz CT molecular complexity index is 1100. The maximum Gasteiger partial charge on any atom is 0.229 e. The van der Waals surface area contributed by atoms with E-state index in [2.05, 4.69) is 28.9 Å². The fourth-order valence-electron chi connectivity index (χ4n) is 3.60. The van der Waals surface area contributed by atoms with Crippen LogP contribution >= 0.6 is 15.9 Å². The number of ether oxygens (including phenoxy) is 1. The summed E-state index contributed by atoms with van der Waals surface area (Å²) in [6.07, 6.45) is 1.72. The van der Waals surface area contributed by atoms with Crippen molar-refractivity contribution >= 4 is 15.9 Å². The Morgan fingerprint density at radius 1 is 1.21 bits per heavy atom. The predicted octanol–water partition coefficient (Wildman–Crippen LogP) is 4.81. The van der Waals surface area contributed by atoms with Gasteiger partial charge in [-0.3, -0.25) is 0 Å². The van der Waals surface area contributed by atoms with Crippen molar-refractivity contribution in [2.75, 3.05) is 0 Å². The van der Waals surface area contributed by atoms with Gasteiger partial charge in [-0.25, -0.2) is 4.68 Å². The smallest absolute Gasteiger partial charge is 0.229 e. The average molecular weight is 435 g/mol. The van der Waals surface area contributed by atoms with Gasteiger partial charge in [-0.2, -0.15) is 10.4 Å². The fraction of sp³-hybridized carbons (Fsp3) is 0.182. The minimum Gasteiger partial charge on any atom is -0.422 e. The summed E-state index contributed by atoms with van der Waals surface area (Å²) in [5.74, 6) is 0.390. The summed E-state index contributed by atoms with van der Waals surface area (Å²) >= 11 is 3.53. The topological polar surface area (TPSA) is 76.9 Å². The molecule has 3 aromatic rings. The Morgan fingerprint density at radius 3 is 2.68 bits per heavy atom. The van der Waals surface area contributed by atoms with Crippen molar-refractivity contribution < 1.29 is 4.74 Å². The molecule has 0 radical (unpaired) electrons. The molecular formula is C22H19BrN4O. The molecule has 1 aromatic heterocycles. The number of allylic oxidation sites excluding steroid dienone is 1. The SMILES string of the molecule is CCCc1nn(-c2ccccc2)c2c1[C@H](c1cccc(Br)c1)C(C#N)=C(N)O2. The molecule has 28 heavy (non-hydrogen) atoms. The van der Waals surface area contributed by atoms with Crippen LogP contribution in [0.15, 0.2) is 70.5 Å². The Balaban J connectivity index is 1.99. The molecule has 1 aliphatic heterocycles. The predicted molar refractivity (Wildman–Crippen MR) is 111 cm³/mol. The molecule has 0 fully saturated rings. The Kier molecular flexibility index (Phi) is 4.93. The van der Waals surface area contributed by atoms with Crippen molar-refractivity contribution in [3.63, 3.8) is 0 Å². The number of benzene rings is 2.